The molecule has 0 saturated carbocycles. The predicted octanol–water partition coefficient (Wildman–Crippen LogP) is 4.33. The van der Waals surface area contributed by atoms with Crippen LogP contribution in [0.15, 0.2) is 18.2 Å². The van der Waals surface area contributed by atoms with E-state index in [1.165, 1.54) is 0 Å². The fourth-order valence-corrected chi connectivity index (χ4v) is 2.80. The van der Waals surface area contributed by atoms with Crippen molar-refractivity contribution in [2.24, 2.45) is 5.92 Å². The van der Waals surface area contributed by atoms with Gasteiger partial charge in [0.1, 0.15) is 5.15 Å². The van der Waals surface area contributed by atoms with E-state index in [1.807, 2.05) is 18.2 Å². The summed E-state index contributed by atoms with van der Waals surface area (Å²) >= 11 is 8.46. The molecule has 0 N–H and O–H groups in total. The van der Waals surface area contributed by atoms with E-state index in [4.69, 9.17) is 21.1 Å². The number of rotatable bonds is 3. The van der Waals surface area contributed by atoms with Gasteiger partial charge in [0.2, 0.25) is 6.79 Å². The first-order valence-corrected chi connectivity index (χ1v) is 8.12. The van der Waals surface area contributed by atoms with Crippen molar-refractivity contribution in [2.75, 3.05) is 6.79 Å². The maximum absolute atomic E-state index is 6.26. The molecule has 0 saturated heterocycles. The lowest BCUT2D eigenvalue weighted by atomic mass is 10.1. The van der Waals surface area contributed by atoms with E-state index in [0.29, 0.717) is 16.9 Å². The van der Waals surface area contributed by atoms with E-state index in [2.05, 4.69) is 46.4 Å². The maximum atomic E-state index is 6.26. The van der Waals surface area contributed by atoms with Gasteiger partial charge in [0.25, 0.3) is 0 Å². The molecule has 110 valence electrons. The summed E-state index contributed by atoms with van der Waals surface area (Å²) in [6.07, 6.45) is 0.873. The predicted molar refractivity (Wildman–Crippen MR) is 89.9 cm³/mol. The highest BCUT2D eigenvalue weighted by molar-refractivity contribution is 14.1. The molecule has 0 unspecified atom stereocenters. The van der Waals surface area contributed by atoms with Crippen molar-refractivity contribution >= 4 is 34.2 Å². The van der Waals surface area contributed by atoms with E-state index in [1.54, 1.807) is 0 Å². The normalized spacial score (nSPS) is 13.0. The maximum Gasteiger partial charge on any atom is 0.231 e. The van der Waals surface area contributed by atoms with E-state index >= 15 is 0 Å². The van der Waals surface area contributed by atoms with Crippen LogP contribution in [0.5, 0.6) is 11.5 Å². The fourth-order valence-electron chi connectivity index (χ4n) is 2.15. The van der Waals surface area contributed by atoms with Gasteiger partial charge >= 0.3 is 0 Å². The molecule has 2 aromatic rings. The summed E-state index contributed by atoms with van der Waals surface area (Å²) in [7, 11) is 0. The number of nitrogens with zero attached hydrogens (tertiary/aromatic N) is 2. The molecule has 2 heterocycles. The van der Waals surface area contributed by atoms with Gasteiger partial charge in [0.05, 0.1) is 9.26 Å². The summed E-state index contributed by atoms with van der Waals surface area (Å²) in [6.45, 7) is 4.57. The third-order valence-corrected chi connectivity index (χ3v) is 4.84. The summed E-state index contributed by atoms with van der Waals surface area (Å²) in [5.41, 5.74) is 1.86. The smallest absolute Gasteiger partial charge is 0.231 e. The van der Waals surface area contributed by atoms with E-state index in [9.17, 15) is 0 Å². The van der Waals surface area contributed by atoms with Gasteiger partial charge < -0.3 is 9.47 Å². The van der Waals surface area contributed by atoms with Crippen molar-refractivity contribution in [2.45, 2.75) is 20.3 Å². The van der Waals surface area contributed by atoms with E-state index in [0.717, 1.165) is 32.7 Å². The zero-order chi connectivity index (χ0) is 15.0. The first-order valence-electron chi connectivity index (χ1n) is 6.66. The largest absolute Gasteiger partial charge is 0.454 e. The molecule has 1 aromatic heterocycles. The van der Waals surface area contributed by atoms with Crippen molar-refractivity contribution < 1.29 is 9.47 Å². The molecule has 0 atom stereocenters. The quantitative estimate of drug-likeness (QED) is 0.552. The summed E-state index contributed by atoms with van der Waals surface area (Å²) in [4.78, 5) is 9.06. The molecule has 0 fully saturated rings. The summed E-state index contributed by atoms with van der Waals surface area (Å²) < 4.78 is 11.6. The van der Waals surface area contributed by atoms with Crippen LogP contribution < -0.4 is 9.47 Å². The summed E-state index contributed by atoms with van der Waals surface area (Å²) in [5.74, 6) is 2.59. The number of fused-ring (bicyclic) bond motifs is 1. The highest BCUT2D eigenvalue weighted by atomic mass is 127. The van der Waals surface area contributed by atoms with Crippen molar-refractivity contribution in [3.05, 3.63) is 32.6 Å². The average molecular weight is 417 g/mol. The van der Waals surface area contributed by atoms with Crippen molar-refractivity contribution in [3.63, 3.8) is 0 Å². The zero-order valence-corrected chi connectivity index (χ0v) is 14.6. The Kier molecular flexibility index (Phi) is 4.21. The van der Waals surface area contributed by atoms with Crippen LogP contribution in [0.25, 0.3) is 11.4 Å². The van der Waals surface area contributed by atoms with Gasteiger partial charge in [0, 0.05) is 5.56 Å². The van der Waals surface area contributed by atoms with E-state index < -0.39 is 0 Å². The Morgan fingerprint density at radius 2 is 2.00 bits per heavy atom. The zero-order valence-electron chi connectivity index (χ0n) is 11.7. The summed E-state index contributed by atoms with van der Waals surface area (Å²) in [5, 5.41) is 0.494. The topological polar surface area (TPSA) is 44.2 Å². The summed E-state index contributed by atoms with van der Waals surface area (Å²) in [6, 6.07) is 5.68. The Morgan fingerprint density at radius 1 is 1.24 bits per heavy atom. The second-order valence-electron chi connectivity index (χ2n) is 5.26. The van der Waals surface area contributed by atoms with Gasteiger partial charge in [-0.1, -0.05) is 25.4 Å². The number of benzene rings is 1. The molecule has 4 nitrogen and oxygen atoms in total. The van der Waals surface area contributed by atoms with Crippen molar-refractivity contribution in [3.8, 4) is 22.9 Å². The fraction of sp³-hybridized carbons (Fsp3) is 0.333. The van der Waals surface area contributed by atoms with Crippen LogP contribution in [0, 0.1) is 9.49 Å². The van der Waals surface area contributed by atoms with Gasteiger partial charge in [-0.05, 0) is 53.1 Å². The monoisotopic (exact) mass is 416 g/mol. The number of ether oxygens (including phenoxy) is 2. The standard InChI is InChI=1S/C15H14ClIN2O2/c1-8(2)5-10-13(17)14(16)19-15(18-10)9-3-4-11-12(6-9)21-7-20-11/h3-4,6,8H,5,7H2,1-2H3. The van der Waals surface area contributed by atoms with Gasteiger partial charge in [-0.3, -0.25) is 0 Å². The van der Waals surface area contributed by atoms with Crippen LogP contribution in [0.3, 0.4) is 0 Å². The molecule has 3 rings (SSSR count). The Morgan fingerprint density at radius 3 is 2.76 bits per heavy atom. The van der Waals surface area contributed by atoms with Crippen LogP contribution in [0.4, 0.5) is 0 Å². The van der Waals surface area contributed by atoms with Gasteiger partial charge in [-0.15, -0.1) is 0 Å². The average Bonchev–Trinajstić information content (AvgIpc) is 2.90. The van der Waals surface area contributed by atoms with Crippen LogP contribution in [0.2, 0.25) is 5.15 Å². The SMILES string of the molecule is CC(C)Cc1nc(-c2ccc3c(c2)OCO3)nc(Cl)c1I. The molecular formula is C15H14ClIN2O2. The second kappa shape index (κ2) is 5.96. The molecule has 6 heteroatoms. The van der Waals surface area contributed by atoms with Crippen molar-refractivity contribution in [1.29, 1.82) is 0 Å². The van der Waals surface area contributed by atoms with Crippen LogP contribution in [0.1, 0.15) is 19.5 Å². The lowest BCUT2D eigenvalue weighted by molar-refractivity contribution is 0.174. The Bertz CT molecular complexity index is 692. The number of aromatic nitrogens is 2. The molecular weight excluding hydrogens is 403 g/mol. The highest BCUT2D eigenvalue weighted by Gasteiger charge is 2.17. The van der Waals surface area contributed by atoms with Crippen LogP contribution >= 0.6 is 34.2 Å². The minimum Gasteiger partial charge on any atom is -0.454 e. The molecule has 0 aliphatic carbocycles. The number of hydrogen-bond acceptors (Lipinski definition) is 4. The van der Waals surface area contributed by atoms with Gasteiger partial charge in [-0.25, -0.2) is 9.97 Å². The molecule has 0 spiro atoms. The molecule has 0 bridgehead atoms. The highest BCUT2D eigenvalue weighted by Crippen LogP contribution is 2.35. The molecule has 1 aromatic carbocycles. The lowest BCUT2D eigenvalue weighted by Crippen LogP contribution is -2.04. The van der Waals surface area contributed by atoms with Crippen molar-refractivity contribution in [1.82, 2.24) is 9.97 Å². The molecule has 1 aliphatic rings. The molecule has 1 aliphatic heterocycles. The lowest BCUT2D eigenvalue weighted by Gasteiger charge is -2.10. The third kappa shape index (κ3) is 3.08. The molecule has 0 radical (unpaired) electrons. The molecule has 0 amide bonds. The third-order valence-electron chi connectivity index (χ3n) is 3.11. The van der Waals surface area contributed by atoms with Gasteiger partial charge in [-0.2, -0.15) is 0 Å². The Balaban J connectivity index is 2.04. The first-order chi connectivity index (χ1) is 10.0. The van der Waals surface area contributed by atoms with Gasteiger partial charge in [0.15, 0.2) is 17.3 Å². The second-order valence-corrected chi connectivity index (χ2v) is 6.70. The van der Waals surface area contributed by atoms with Crippen LogP contribution in [-0.2, 0) is 6.42 Å². The number of halogens is 2. The Labute approximate surface area is 142 Å². The van der Waals surface area contributed by atoms with Crippen LogP contribution in [-0.4, -0.2) is 16.8 Å². The molecule has 21 heavy (non-hydrogen) atoms. The minimum absolute atomic E-state index is 0.256. The Hall–Kier alpha value is -1.08. The van der Waals surface area contributed by atoms with E-state index in [-0.39, 0.29) is 6.79 Å². The number of hydrogen-bond donors (Lipinski definition) is 0. The first kappa shape index (κ1) is 14.8. The minimum atomic E-state index is 0.256.